The Morgan fingerprint density at radius 1 is 0.939 bits per heavy atom. The highest BCUT2D eigenvalue weighted by Gasteiger charge is 2.28. The monoisotopic (exact) mass is 445 g/mol. The molecular weight excluding hydrogens is 418 g/mol. The van der Waals surface area contributed by atoms with Gasteiger partial charge < -0.3 is 19.7 Å². The van der Waals surface area contributed by atoms with Crippen molar-refractivity contribution >= 4 is 17.5 Å². The molecule has 33 heavy (non-hydrogen) atoms. The third-order valence-electron chi connectivity index (χ3n) is 5.86. The van der Waals surface area contributed by atoms with Gasteiger partial charge in [-0.3, -0.25) is 14.6 Å². The SMILES string of the molecule is COc1cc(OC)cc(C(=O)N2CCC(C(=O)Nc3cccnc3-c3ccccc3)CC2)c1. The van der Waals surface area contributed by atoms with Gasteiger partial charge in [-0.25, -0.2) is 0 Å². The van der Waals surface area contributed by atoms with E-state index in [0.29, 0.717) is 48.7 Å². The Kier molecular flexibility index (Phi) is 6.88. The molecule has 0 saturated carbocycles. The summed E-state index contributed by atoms with van der Waals surface area (Å²) >= 11 is 0. The van der Waals surface area contributed by atoms with Crippen LogP contribution in [-0.4, -0.2) is 49.0 Å². The molecule has 4 rings (SSSR count). The largest absolute Gasteiger partial charge is 0.497 e. The van der Waals surface area contributed by atoms with Gasteiger partial charge >= 0.3 is 0 Å². The molecule has 7 nitrogen and oxygen atoms in total. The lowest BCUT2D eigenvalue weighted by Crippen LogP contribution is -2.41. The second-order valence-corrected chi connectivity index (χ2v) is 7.92. The lowest BCUT2D eigenvalue weighted by atomic mass is 9.95. The first kappa shape index (κ1) is 22.3. The van der Waals surface area contributed by atoms with Gasteiger partial charge in [0.15, 0.2) is 0 Å². The van der Waals surface area contributed by atoms with Crippen molar-refractivity contribution in [3.63, 3.8) is 0 Å². The van der Waals surface area contributed by atoms with Gasteiger partial charge in [0.1, 0.15) is 11.5 Å². The van der Waals surface area contributed by atoms with Crippen LogP contribution in [0.1, 0.15) is 23.2 Å². The number of nitrogens with zero attached hydrogens (tertiary/aromatic N) is 2. The summed E-state index contributed by atoms with van der Waals surface area (Å²) in [6, 6.07) is 18.6. The molecule has 0 aliphatic carbocycles. The van der Waals surface area contributed by atoms with E-state index in [1.54, 1.807) is 43.5 Å². The predicted octanol–water partition coefficient (Wildman–Crippen LogP) is 4.26. The number of aromatic nitrogens is 1. The van der Waals surface area contributed by atoms with Gasteiger partial charge in [-0.2, -0.15) is 0 Å². The number of piperidine rings is 1. The Hall–Kier alpha value is -3.87. The number of amides is 2. The smallest absolute Gasteiger partial charge is 0.254 e. The highest BCUT2D eigenvalue weighted by atomic mass is 16.5. The van der Waals surface area contributed by atoms with Crippen molar-refractivity contribution < 1.29 is 19.1 Å². The summed E-state index contributed by atoms with van der Waals surface area (Å²) in [4.78, 5) is 32.2. The molecule has 1 aromatic heterocycles. The number of rotatable bonds is 6. The third-order valence-corrected chi connectivity index (χ3v) is 5.86. The van der Waals surface area contributed by atoms with E-state index in [1.165, 1.54) is 0 Å². The molecule has 2 heterocycles. The number of nitrogens with one attached hydrogen (secondary N) is 1. The van der Waals surface area contributed by atoms with Gasteiger partial charge in [-0.05, 0) is 37.1 Å². The normalized spacial score (nSPS) is 13.9. The number of benzene rings is 2. The van der Waals surface area contributed by atoms with Crippen molar-refractivity contribution in [1.82, 2.24) is 9.88 Å². The van der Waals surface area contributed by atoms with Gasteiger partial charge in [-0.15, -0.1) is 0 Å². The van der Waals surface area contributed by atoms with Crippen molar-refractivity contribution in [3.8, 4) is 22.8 Å². The van der Waals surface area contributed by atoms with Gasteiger partial charge in [0.05, 0.1) is 25.6 Å². The number of methoxy groups -OCH3 is 2. The summed E-state index contributed by atoms with van der Waals surface area (Å²) in [6.45, 7) is 1.02. The molecule has 3 aromatic rings. The molecule has 7 heteroatoms. The zero-order valence-corrected chi connectivity index (χ0v) is 18.8. The quantitative estimate of drug-likeness (QED) is 0.613. The molecule has 1 aliphatic rings. The minimum Gasteiger partial charge on any atom is -0.497 e. The van der Waals surface area contributed by atoms with Crippen LogP contribution in [0.4, 0.5) is 5.69 Å². The van der Waals surface area contributed by atoms with Gasteiger partial charge in [0, 0.05) is 42.4 Å². The van der Waals surface area contributed by atoms with E-state index < -0.39 is 0 Å². The fourth-order valence-corrected chi connectivity index (χ4v) is 4.03. The Bertz CT molecular complexity index is 1100. The first-order valence-electron chi connectivity index (χ1n) is 10.9. The van der Waals surface area contributed by atoms with Crippen LogP contribution >= 0.6 is 0 Å². The van der Waals surface area contributed by atoms with Gasteiger partial charge in [-0.1, -0.05) is 30.3 Å². The molecule has 1 saturated heterocycles. The standard InChI is InChI=1S/C26H27N3O4/c1-32-21-15-20(16-22(17-21)33-2)26(31)29-13-10-19(11-14-29)25(30)28-23-9-6-12-27-24(23)18-7-4-3-5-8-18/h3-9,12,15-17,19H,10-11,13-14H2,1-2H3,(H,28,30). The molecular formula is C26H27N3O4. The summed E-state index contributed by atoms with van der Waals surface area (Å²) < 4.78 is 10.5. The maximum atomic E-state index is 13.0. The van der Waals surface area contributed by atoms with E-state index in [1.807, 2.05) is 42.5 Å². The van der Waals surface area contributed by atoms with Crippen LogP contribution in [0.25, 0.3) is 11.3 Å². The predicted molar refractivity (Wildman–Crippen MR) is 126 cm³/mol. The molecule has 2 aromatic carbocycles. The molecule has 1 fully saturated rings. The molecule has 0 spiro atoms. The van der Waals surface area contributed by atoms with Gasteiger partial charge in [0.25, 0.3) is 5.91 Å². The number of ether oxygens (including phenoxy) is 2. The summed E-state index contributed by atoms with van der Waals surface area (Å²) in [7, 11) is 3.11. The van der Waals surface area contributed by atoms with Crippen LogP contribution in [0.2, 0.25) is 0 Å². The number of anilines is 1. The summed E-state index contributed by atoms with van der Waals surface area (Å²) in [5.74, 6) is 0.827. The van der Waals surface area contributed by atoms with E-state index in [2.05, 4.69) is 10.3 Å². The average Bonchev–Trinajstić information content (AvgIpc) is 2.88. The van der Waals surface area contributed by atoms with Crippen molar-refractivity contribution in [3.05, 3.63) is 72.4 Å². The Balaban J connectivity index is 1.40. The molecule has 0 atom stereocenters. The van der Waals surface area contributed by atoms with Crippen LogP contribution in [0.15, 0.2) is 66.9 Å². The molecule has 0 unspecified atom stereocenters. The topological polar surface area (TPSA) is 80.8 Å². The lowest BCUT2D eigenvalue weighted by molar-refractivity contribution is -0.121. The van der Waals surface area contributed by atoms with E-state index in [0.717, 1.165) is 11.3 Å². The summed E-state index contributed by atoms with van der Waals surface area (Å²) in [5, 5.41) is 3.05. The Labute approximate surface area is 193 Å². The highest BCUT2D eigenvalue weighted by Crippen LogP contribution is 2.28. The molecule has 170 valence electrons. The molecule has 1 N–H and O–H groups in total. The molecule has 0 bridgehead atoms. The van der Waals surface area contributed by atoms with Crippen molar-refractivity contribution in [1.29, 1.82) is 0 Å². The van der Waals surface area contributed by atoms with Crippen LogP contribution in [0.3, 0.4) is 0 Å². The Morgan fingerprint density at radius 3 is 2.24 bits per heavy atom. The fourth-order valence-electron chi connectivity index (χ4n) is 4.03. The van der Waals surface area contributed by atoms with E-state index >= 15 is 0 Å². The lowest BCUT2D eigenvalue weighted by Gasteiger charge is -2.31. The third kappa shape index (κ3) is 5.14. The zero-order chi connectivity index (χ0) is 23.2. The molecule has 0 radical (unpaired) electrons. The number of hydrogen-bond donors (Lipinski definition) is 1. The number of hydrogen-bond acceptors (Lipinski definition) is 5. The number of carbonyl (C=O) groups is 2. The van der Waals surface area contributed by atoms with Crippen LogP contribution in [0, 0.1) is 5.92 Å². The van der Waals surface area contributed by atoms with Crippen LogP contribution in [0.5, 0.6) is 11.5 Å². The second kappa shape index (κ2) is 10.2. The fraction of sp³-hybridized carbons (Fsp3) is 0.269. The maximum absolute atomic E-state index is 13.0. The minimum absolute atomic E-state index is 0.0460. The Morgan fingerprint density at radius 2 is 1.61 bits per heavy atom. The molecule has 1 aliphatic heterocycles. The highest BCUT2D eigenvalue weighted by molar-refractivity contribution is 5.97. The second-order valence-electron chi connectivity index (χ2n) is 7.92. The van der Waals surface area contributed by atoms with Crippen molar-refractivity contribution in [2.75, 3.05) is 32.6 Å². The minimum atomic E-state index is -0.169. The first-order chi connectivity index (χ1) is 16.1. The van der Waals surface area contributed by atoms with E-state index in [-0.39, 0.29) is 17.7 Å². The average molecular weight is 446 g/mol. The molecule has 2 amide bonds. The number of pyridine rings is 1. The van der Waals surface area contributed by atoms with E-state index in [9.17, 15) is 9.59 Å². The summed E-state index contributed by atoms with van der Waals surface area (Å²) in [6.07, 6.45) is 2.91. The van der Waals surface area contributed by atoms with Crippen LogP contribution in [-0.2, 0) is 4.79 Å². The number of likely N-dealkylation sites (tertiary alicyclic amines) is 1. The first-order valence-corrected chi connectivity index (χ1v) is 10.9. The van der Waals surface area contributed by atoms with Crippen molar-refractivity contribution in [2.24, 2.45) is 5.92 Å². The maximum Gasteiger partial charge on any atom is 0.254 e. The zero-order valence-electron chi connectivity index (χ0n) is 18.8. The van der Waals surface area contributed by atoms with E-state index in [4.69, 9.17) is 9.47 Å². The number of carbonyl (C=O) groups excluding carboxylic acids is 2. The van der Waals surface area contributed by atoms with Crippen molar-refractivity contribution in [2.45, 2.75) is 12.8 Å². The van der Waals surface area contributed by atoms with Gasteiger partial charge in [0.2, 0.25) is 5.91 Å². The van der Waals surface area contributed by atoms with Crippen LogP contribution < -0.4 is 14.8 Å². The summed E-state index contributed by atoms with van der Waals surface area (Å²) in [5.41, 5.74) is 2.89.